The van der Waals surface area contributed by atoms with Crippen molar-refractivity contribution >= 4 is 16.8 Å². The summed E-state index contributed by atoms with van der Waals surface area (Å²) < 4.78 is 0. The average Bonchev–Trinajstić information content (AvgIpc) is 2.50. The molecule has 1 aliphatic heterocycles. The van der Waals surface area contributed by atoms with Crippen molar-refractivity contribution in [3.05, 3.63) is 36.0 Å². The molecule has 0 spiro atoms. The lowest BCUT2D eigenvalue weighted by Gasteiger charge is -2.37. The number of aromatic nitrogens is 1. The van der Waals surface area contributed by atoms with E-state index in [4.69, 9.17) is 0 Å². The number of phenolic OH excluding ortho intramolecular Hbond substituents is 1. The second kappa shape index (κ2) is 5.33. The Hall–Kier alpha value is -2.14. The number of aliphatic hydroxyl groups is 1. The van der Waals surface area contributed by atoms with Gasteiger partial charge >= 0.3 is 0 Å². The van der Waals surface area contributed by atoms with E-state index in [9.17, 15) is 15.0 Å². The third kappa shape index (κ3) is 2.34. The van der Waals surface area contributed by atoms with Crippen molar-refractivity contribution in [2.75, 3.05) is 6.54 Å². The zero-order valence-electron chi connectivity index (χ0n) is 11.9. The van der Waals surface area contributed by atoms with Crippen molar-refractivity contribution in [1.82, 2.24) is 9.88 Å². The van der Waals surface area contributed by atoms with E-state index in [0.717, 1.165) is 12.8 Å². The topological polar surface area (TPSA) is 73.7 Å². The number of fused-ring (bicyclic) bond motifs is 1. The first-order chi connectivity index (χ1) is 10.1. The number of phenols is 1. The summed E-state index contributed by atoms with van der Waals surface area (Å²) >= 11 is 0. The number of benzene rings is 1. The van der Waals surface area contributed by atoms with Crippen LogP contribution in [-0.2, 0) is 0 Å². The fourth-order valence-corrected chi connectivity index (χ4v) is 2.91. The van der Waals surface area contributed by atoms with Gasteiger partial charge in [0.1, 0.15) is 11.3 Å². The second-order valence-corrected chi connectivity index (χ2v) is 5.48. The van der Waals surface area contributed by atoms with Gasteiger partial charge in [0.2, 0.25) is 0 Å². The molecule has 1 aromatic heterocycles. The van der Waals surface area contributed by atoms with E-state index in [-0.39, 0.29) is 17.7 Å². The summed E-state index contributed by atoms with van der Waals surface area (Å²) in [4.78, 5) is 18.6. The van der Waals surface area contributed by atoms with Gasteiger partial charge in [-0.25, -0.2) is 0 Å². The molecule has 1 saturated heterocycles. The minimum atomic E-state index is -0.482. The van der Waals surface area contributed by atoms with Crippen LogP contribution >= 0.6 is 0 Å². The standard InChI is InChI=1S/C16H18N2O3/c1-10-13(19)5-3-9-18(10)16(21)12-6-7-14(20)15-11(12)4-2-8-17-15/h2,4,6-8,10,13,19-20H,3,5,9H2,1H3. The van der Waals surface area contributed by atoms with Crippen LogP contribution in [0.15, 0.2) is 30.5 Å². The first kappa shape index (κ1) is 13.8. The number of hydrogen-bond acceptors (Lipinski definition) is 4. The molecular weight excluding hydrogens is 268 g/mol. The highest BCUT2D eigenvalue weighted by Gasteiger charge is 2.31. The molecule has 2 atom stereocenters. The smallest absolute Gasteiger partial charge is 0.254 e. The van der Waals surface area contributed by atoms with E-state index in [0.29, 0.717) is 23.0 Å². The monoisotopic (exact) mass is 286 g/mol. The minimum Gasteiger partial charge on any atom is -0.506 e. The number of hydrogen-bond donors (Lipinski definition) is 2. The highest BCUT2D eigenvalue weighted by atomic mass is 16.3. The van der Waals surface area contributed by atoms with Crippen molar-refractivity contribution in [3.63, 3.8) is 0 Å². The number of carbonyl (C=O) groups is 1. The quantitative estimate of drug-likeness (QED) is 0.840. The molecule has 2 N–H and O–H groups in total. The largest absolute Gasteiger partial charge is 0.506 e. The molecule has 21 heavy (non-hydrogen) atoms. The van der Waals surface area contributed by atoms with Gasteiger partial charge in [0, 0.05) is 23.7 Å². The Bertz CT molecular complexity index is 686. The van der Waals surface area contributed by atoms with Gasteiger partial charge in [-0.2, -0.15) is 0 Å². The summed E-state index contributed by atoms with van der Waals surface area (Å²) in [5.41, 5.74) is 0.936. The maximum absolute atomic E-state index is 12.8. The Morgan fingerprint density at radius 3 is 3.00 bits per heavy atom. The number of nitrogens with zero attached hydrogens (tertiary/aromatic N) is 2. The fraction of sp³-hybridized carbons (Fsp3) is 0.375. The first-order valence-electron chi connectivity index (χ1n) is 7.15. The number of likely N-dealkylation sites (tertiary alicyclic amines) is 1. The van der Waals surface area contributed by atoms with Gasteiger partial charge < -0.3 is 15.1 Å². The van der Waals surface area contributed by atoms with Crippen molar-refractivity contribution in [2.45, 2.75) is 31.9 Å². The van der Waals surface area contributed by atoms with Gasteiger partial charge in [0.15, 0.2) is 0 Å². The Morgan fingerprint density at radius 1 is 1.38 bits per heavy atom. The van der Waals surface area contributed by atoms with Crippen molar-refractivity contribution < 1.29 is 15.0 Å². The molecule has 110 valence electrons. The highest BCUT2D eigenvalue weighted by molar-refractivity contribution is 6.07. The number of aliphatic hydroxyl groups excluding tert-OH is 1. The second-order valence-electron chi connectivity index (χ2n) is 5.48. The molecule has 5 heteroatoms. The Balaban J connectivity index is 2.04. The van der Waals surface area contributed by atoms with Crippen LogP contribution in [0.25, 0.3) is 10.9 Å². The molecular formula is C16H18N2O3. The van der Waals surface area contributed by atoms with Crippen LogP contribution in [0.5, 0.6) is 5.75 Å². The van der Waals surface area contributed by atoms with Gasteiger partial charge in [0.25, 0.3) is 5.91 Å². The summed E-state index contributed by atoms with van der Waals surface area (Å²) in [6.07, 6.45) is 2.63. The molecule has 0 saturated carbocycles. The predicted molar refractivity (Wildman–Crippen MR) is 79.1 cm³/mol. The molecule has 0 radical (unpaired) electrons. The highest BCUT2D eigenvalue weighted by Crippen LogP contribution is 2.28. The lowest BCUT2D eigenvalue weighted by Crippen LogP contribution is -2.49. The molecule has 0 bridgehead atoms. The van der Waals surface area contributed by atoms with Gasteiger partial charge in [-0.15, -0.1) is 0 Å². The summed E-state index contributed by atoms with van der Waals surface area (Å²) in [5, 5.41) is 20.4. The zero-order valence-corrected chi connectivity index (χ0v) is 11.9. The maximum atomic E-state index is 12.8. The van der Waals surface area contributed by atoms with E-state index >= 15 is 0 Å². The lowest BCUT2D eigenvalue weighted by molar-refractivity contribution is 0.0182. The van der Waals surface area contributed by atoms with Crippen LogP contribution in [0, 0.1) is 0 Å². The van der Waals surface area contributed by atoms with E-state index in [2.05, 4.69) is 4.98 Å². The van der Waals surface area contributed by atoms with Gasteiger partial charge in [-0.05, 0) is 38.0 Å². The van der Waals surface area contributed by atoms with E-state index in [1.165, 1.54) is 6.07 Å². The van der Waals surface area contributed by atoms with Crippen LogP contribution in [0.3, 0.4) is 0 Å². The number of piperidine rings is 1. The van der Waals surface area contributed by atoms with Crippen molar-refractivity contribution in [2.24, 2.45) is 0 Å². The number of aromatic hydroxyl groups is 1. The van der Waals surface area contributed by atoms with Gasteiger partial charge in [-0.1, -0.05) is 6.07 Å². The number of pyridine rings is 1. The molecule has 1 fully saturated rings. The van der Waals surface area contributed by atoms with E-state index < -0.39 is 6.10 Å². The van der Waals surface area contributed by atoms with E-state index in [1.54, 1.807) is 29.3 Å². The van der Waals surface area contributed by atoms with Crippen LogP contribution in [0.2, 0.25) is 0 Å². The summed E-state index contributed by atoms with van der Waals surface area (Å²) in [5.74, 6) is -0.0619. The third-order valence-corrected chi connectivity index (χ3v) is 4.19. The number of carbonyl (C=O) groups excluding carboxylic acids is 1. The molecule has 2 heterocycles. The van der Waals surface area contributed by atoms with Gasteiger partial charge in [0.05, 0.1) is 12.1 Å². The summed E-state index contributed by atoms with van der Waals surface area (Å²) in [6.45, 7) is 2.50. The Morgan fingerprint density at radius 2 is 2.19 bits per heavy atom. The molecule has 1 amide bonds. The average molecular weight is 286 g/mol. The zero-order chi connectivity index (χ0) is 15.0. The van der Waals surface area contributed by atoms with E-state index in [1.807, 2.05) is 6.92 Å². The molecule has 1 aromatic carbocycles. The van der Waals surface area contributed by atoms with Crippen LogP contribution in [0.1, 0.15) is 30.1 Å². The third-order valence-electron chi connectivity index (χ3n) is 4.19. The lowest BCUT2D eigenvalue weighted by atomic mass is 9.98. The van der Waals surface area contributed by atoms with Crippen molar-refractivity contribution in [3.8, 4) is 5.75 Å². The SMILES string of the molecule is CC1C(O)CCCN1C(=O)c1ccc(O)c2ncccc12. The maximum Gasteiger partial charge on any atom is 0.254 e. The Labute approximate surface area is 122 Å². The first-order valence-corrected chi connectivity index (χ1v) is 7.15. The number of amides is 1. The van der Waals surface area contributed by atoms with Crippen molar-refractivity contribution in [1.29, 1.82) is 0 Å². The Kier molecular flexibility index (Phi) is 3.51. The minimum absolute atomic E-state index is 0.0638. The number of rotatable bonds is 1. The molecule has 1 aliphatic rings. The molecule has 2 unspecified atom stereocenters. The normalized spacial score (nSPS) is 22.5. The van der Waals surface area contributed by atoms with Gasteiger partial charge in [-0.3, -0.25) is 9.78 Å². The molecule has 3 rings (SSSR count). The fourth-order valence-electron chi connectivity index (χ4n) is 2.91. The predicted octanol–water partition coefficient (Wildman–Crippen LogP) is 1.93. The van der Waals surface area contributed by atoms with Crippen LogP contribution in [0.4, 0.5) is 0 Å². The summed E-state index contributed by atoms with van der Waals surface area (Å²) in [6, 6.07) is 6.43. The van der Waals surface area contributed by atoms with Crippen LogP contribution < -0.4 is 0 Å². The molecule has 2 aromatic rings. The summed E-state index contributed by atoms with van der Waals surface area (Å²) in [7, 11) is 0. The van der Waals surface area contributed by atoms with Crippen LogP contribution in [-0.4, -0.2) is 44.7 Å². The molecule has 5 nitrogen and oxygen atoms in total. The molecule has 0 aliphatic carbocycles.